The van der Waals surface area contributed by atoms with Crippen LogP contribution >= 0.6 is 7.92 Å². The van der Waals surface area contributed by atoms with Gasteiger partial charge in [0.05, 0.1) is 5.56 Å². The Kier molecular flexibility index (Phi) is 8.80. The molecule has 0 N–H and O–H groups in total. The lowest BCUT2D eigenvalue weighted by Gasteiger charge is -2.28. The van der Waals surface area contributed by atoms with Crippen molar-refractivity contribution in [1.82, 2.24) is 0 Å². The van der Waals surface area contributed by atoms with Crippen molar-refractivity contribution in [2.45, 2.75) is 19.1 Å². The van der Waals surface area contributed by atoms with E-state index in [4.69, 9.17) is 9.47 Å². The fourth-order valence-electron chi connectivity index (χ4n) is 4.67. The fraction of sp³-hybridized carbons (Fsp3) is 0.0857. The molecule has 0 aliphatic rings. The highest BCUT2D eigenvalue weighted by Gasteiger charge is 2.33. The van der Waals surface area contributed by atoms with Crippen molar-refractivity contribution in [3.05, 3.63) is 162 Å². The molecule has 2 atom stereocenters. The molecule has 0 radical (unpaired) electrons. The maximum atomic E-state index is 14.1. The molecule has 0 fully saturated rings. The van der Waals surface area contributed by atoms with Gasteiger partial charge in [0, 0.05) is 6.92 Å². The first-order valence-electron chi connectivity index (χ1n) is 13.1. The van der Waals surface area contributed by atoms with E-state index in [0.717, 1.165) is 27.0 Å². The van der Waals surface area contributed by atoms with Crippen LogP contribution < -0.4 is 15.9 Å². The molecule has 5 aromatic carbocycles. The van der Waals surface area contributed by atoms with Crippen LogP contribution in [-0.4, -0.2) is 11.9 Å². The molecule has 0 bridgehead atoms. The Morgan fingerprint density at radius 1 is 0.525 bits per heavy atom. The van der Waals surface area contributed by atoms with E-state index in [1.807, 2.05) is 121 Å². The minimum Gasteiger partial charge on any atom is -0.453 e. The molecule has 0 aliphatic heterocycles. The molecule has 0 spiro atoms. The number of benzene rings is 5. The van der Waals surface area contributed by atoms with Crippen molar-refractivity contribution in [3.63, 3.8) is 0 Å². The summed E-state index contributed by atoms with van der Waals surface area (Å²) in [5, 5.41) is 3.16. The minimum absolute atomic E-state index is 0.456. The number of carbonyl (C=O) groups is 2. The Bertz CT molecular complexity index is 1500. The van der Waals surface area contributed by atoms with Crippen molar-refractivity contribution in [2.24, 2.45) is 0 Å². The van der Waals surface area contributed by atoms with Crippen molar-refractivity contribution in [1.29, 1.82) is 0 Å². The van der Waals surface area contributed by atoms with Crippen LogP contribution in [0.4, 0.5) is 0 Å². The van der Waals surface area contributed by atoms with Crippen LogP contribution in [-0.2, 0) is 14.3 Å². The summed E-state index contributed by atoms with van der Waals surface area (Å²) in [6, 6.07) is 46.8. The van der Waals surface area contributed by atoms with Gasteiger partial charge in [0.25, 0.3) is 0 Å². The van der Waals surface area contributed by atoms with Gasteiger partial charge in [0.15, 0.2) is 12.2 Å². The van der Waals surface area contributed by atoms with E-state index in [1.54, 1.807) is 0 Å². The van der Waals surface area contributed by atoms with Gasteiger partial charge in [-0.3, -0.25) is 4.79 Å². The van der Waals surface area contributed by atoms with Crippen LogP contribution in [0.5, 0.6) is 0 Å². The highest BCUT2D eigenvalue weighted by Crippen LogP contribution is 2.38. The largest absolute Gasteiger partial charge is 0.453 e. The molecule has 4 nitrogen and oxygen atoms in total. The van der Waals surface area contributed by atoms with Gasteiger partial charge in [-0.15, -0.1) is 0 Å². The number of hydrogen-bond donors (Lipinski definition) is 0. The van der Waals surface area contributed by atoms with Gasteiger partial charge >= 0.3 is 11.9 Å². The molecular formula is C35H29O4P. The second kappa shape index (κ2) is 13.0. The Morgan fingerprint density at radius 3 is 1.40 bits per heavy atom. The van der Waals surface area contributed by atoms with E-state index >= 15 is 0 Å². The lowest BCUT2D eigenvalue weighted by Crippen LogP contribution is -2.28. The average molecular weight is 545 g/mol. The van der Waals surface area contributed by atoms with E-state index in [2.05, 4.69) is 24.3 Å². The molecule has 5 aromatic rings. The first-order chi connectivity index (χ1) is 19.6. The summed E-state index contributed by atoms with van der Waals surface area (Å²) >= 11 is 0. The molecule has 198 valence electrons. The predicted octanol–water partition coefficient (Wildman–Crippen LogP) is 6.65. The van der Waals surface area contributed by atoms with Gasteiger partial charge in [0.2, 0.25) is 0 Å². The standard InChI is InChI=1S/C35H29O4P/c1-26(36)38-33(27-16-6-2-7-17-27)34(28-18-8-3-9-19-28)39-35(37)31-24-14-15-25-32(31)40(29-20-10-4-11-21-29)30-22-12-5-13-23-30/h2-25,33-34H,1H3. The van der Waals surface area contributed by atoms with Crippen LogP contribution in [0, 0.1) is 0 Å². The van der Waals surface area contributed by atoms with Crippen LogP contribution in [0.3, 0.4) is 0 Å². The van der Waals surface area contributed by atoms with Gasteiger partial charge in [-0.25, -0.2) is 4.79 Å². The van der Waals surface area contributed by atoms with Crippen LogP contribution in [0.15, 0.2) is 146 Å². The second-order valence-corrected chi connectivity index (χ2v) is 11.4. The first-order valence-corrected chi connectivity index (χ1v) is 14.4. The highest BCUT2D eigenvalue weighted by molar-refractivity contribution is 7.80. The quantitative estimate of drug-likeness (QED) is 0.154. The molecule has 0 saturated heterocycles. The topological polar surface area (TPSA) is 52.6 Å². The predicted molar refractivity (Wildman–Crippen MR) is 161 cm³/mol. The molecular weight excluding hydrogens is 515 g/mol. The first kappa shape index (κ1) is 27.1. The Balaban J connectivity index is 1.58. The minimum atomic E-state index is -1.04. The van der Waals surface area contributed by atoms with E-state index in [1.165, 1.54) is 6.92 Å². The highest BCUT2D eigenvalue weighted by atomic mass is 31.1. The third kappa shape index (κ3) is 6.36. The summed E-state index contributed by atoms with van der Waals surface area (Å²) < 4.78 is 12.1. The van der Waals surface area contributed by atoms with Gasteiger partial charge in [0.1, 0.15) is 0 Å². The summed E-state index contributed by atoms with van der Waals surface area (Å²) in [5.74, 6) is -0.931. The number of carbonyl (C=O) groups excluding carboxylic acids is 2. The Morgan fingerprint density at radius 2 is 0.925 bits per heavy atom. The lowest BCUT2D eigenvalue weighted by molar-refractivity contribution is -0.153. The van der Waals surface area contributed by atoms with E-state index in [0.29, 0.717) is 5.56 Å². The zero-order valence-electron chi connectivity index (χ0n) is 22.1. The molecule has 0 aromatic heterocycles. The normalized spacial score (nSPS) is 12.3. The van der Waals surface area contributed by atoms with E-state index in [9.17, 15) is 9.59 Å². The number of hydrogen-bond acceptors (Lipinski definition) is 4. The Labute approximate surface area is 236 Å². The van der Waals surface area contributed by atoms with Gasteiger partial charge in [-0.2, -0.15) is 0 Å². The third-order valence-electron chi connectivity index (χ3n) is 6.45. The number of esters is 2. The monoisotopic (exact) mass is 544 g/mol. The third-order valence-corrected chi connectivity index (χ3v) is 8.95. The molecule has 0 saturated carbocycles. The van der Waals surface area contributed by atoms with E-state index in [-0.39, 0.29) is 0 Å². The summed E-state index contributed by atoms with van der Waals surface area (Å²) in [5.41, 5.74) is 1.96. The van der Waals surface area contributed by atoms with Gasteiger partial charge < -0.3 is 9.47 Å². The molecule has 0 aliphatic carbocycles. The second-order valence-electron chi connectivity index (χ2n) is 9.20. The molecule has 2 unspecified atom stereocenters. The maximum Gasteiger partial charge on any atom is 0.339 e. The summed E-state index contributed by atoms with van der Waals surface area (Å²) in [7, 11) is -1.04. The van der Waals surface area contributed by atoms with Crippen molar-refractivity contribution >= 4 is 35.8 Å². The number of ether oxygens (including phenoxy) is 2. The van der Waals surface area contributed by atoms with E-state index < -0.39 is 32.1 Å². The van der Waals surface area contributed by atoms with Crippen LogP contribution in [0.25, 0.3) is 0 Å². The molecule has 40 heavy (non-hydrogen) atoms. The molecule has 5 heteroatoms. The van der Waals surface area contributed by atoms with Crippen molar-refractivity contribution < 1.29 is 19.1 Å². The maximum absolute atomic E-state index is 14.1. The van der Waals surface area contributed by atoms with Crippen LogP contribution in [0.1, 0.15) is 40.6 Å². The Hall–Kier alpha value is -4.53. The lowest BCUT2D eigenvalue weighted by atomic mass is 9.97. The smallest absolute Gasteiger partial charge is 0.339 e. The number of rotatable bonds is 9. The van der Waals surface area contributed by atoms with Crippen molar-refractivity contribution in [2.75, 3.05) is 0 Å². The zero-order valence-corrected chi connectivity index (χ0v) is 23.0. The van der Waals surface area contributed by atoms with Crippen LogP contribution in [0.2, 0.25) is 0 Å². The molecule has 0 heterocycles. The molecule has 5 rings (SSSR count). The van der Waals surface area contributed by atoms with Gasteiger partial charge in [-0.05, 0) is 41.0 Å². The SMILES string of the molecule is CC(=O)OC(c1ccccc1)C(OC(=O)c1ccccc1P(c1ccccc1)c1ccccc1)c1ccccc1. The van der Waals surface area contributed by atoms with Gasteiger partial charge in [-0.1, -0.05) is 140 Å². The summed E-state index contributed by atoms with van der Waals surface area (Å²) in [6.07, 6.45) is -1.67. The van der Waals surface area contributed by atoms with Crippen molar-refractivity contribution in [3.8, 4) is 0 Å². The summed E-state index contributed by atoms with van der Waals surface area (Å²) in [6.45, 7) is 1.36. The average Bonchev–Trinajstić information content (AvgIpc) is 3.01. The zero-order chi connectivity index (χ0) is 27.7. The summed E-state index contributed by atoms with van der Waals surface area (Å²) in [4.78, 5) is 26.3. The fourth-order valence-corrected chi connectivity index (χ4v) is 7.11. The molecule has 0 amide bonds.